The highest BCUT2D eigenvalue weighted by Crippen LogP contribution is 2.31. The average molecular weight is 140 g/mol. The van der Waals surface area contributed by atoms with Gasteiger partial charge < -0.3 is 9.59 Å². The van der Waals surface area contributed by atoms with E-state index in [-0.39, 0.29) is 0 Å². The normalized spacial score (nSPS) is 23.6. The summed E-state index contributed by atoms with van der Waals surface area (Å²) in [6.45, 7) is 0. The third-order valence-electron chi connectivity index (χ3n) is 2.25. The van der Waals surface area contributed by atoms with Gasteiger partial charge in [0.2, 0.25) is 0 Å². The second kappa shape index (κ2) is 2.95. The molecule has 2 nitrogen and oxygen atoms in total. The number of hydrogen-bond acceptors (Lipinski definition) is 2. The van der Waals surface area contributed by atoms with E-state index in [1.54, 1.807) is 0 Å². The first kappa shape index (κ1) is 7.45. The van der Waals surface area contributed by atoms with Crippen LogP contribution in [-0.2, 0) is 9.59 Å². The van der Waals surface area contributed by atoms with Crippen molar-refractivity contribution in [2.75, 3.05) is 0 Å². The minimum atomic E-state index is -0.599. The van der Waals surface area contributed by atoms with E-state index in [1.165, 1.54) is 6.42 Å². The molecule has 0 atom stereocenters. The zero-order valence-electron chi connectivity index (χ0n) is 6.01. The SMILES string of the molecule is O=CC1(C=O)CCCCC1. The molecule has 0 N–H and O–H groups in total. The molecule has 0 saturated heterocycles. The monoisotopic (exact) mass is 140 g/mol. The third kappa shape index (κ3) is 1.25. The Hall–Kier alpha value is -0.660. The quantitative estimate of drug-likeness (QED) is 0.428. The summed E-state index contributed by atoms with van der Waals surface area (Å²) in [7, 11) is 0. The van der Waals surface area contributed by atoms with Crippen molar-refractivity contribution in [2.24, 2.45) is 5.41 Å². The summed E-state index contributed by atoms with van der Waals surface area (Å²) in [4.78, 5) is 21.0. The van der Waals surface area contributed by atoms with E-state index in [0.29, 0.717) is 0 Å². The molecule has 0 unspecified atom stereocenters. The summed E-state index contributed by atoms with van der Waals surface area (Å²) in [6, 6.07) is 0. The highest BCUT2D eigenvalue weighted by molar-refractivity contribution is 5.83. The molecule has 0 aromatic carbocycles. The van der Waals surface area contributed by atoms with Gasteiger partial charge in [0.15, 0.2) is 0 Å². The lowest BCUT2D eigenvalue weighted by Gasteiger charge is -2.25. The molecule has 0 spiro atoms. The first-order valence-corrected chi connectivity index (χ1v) is 3.76. The molecular formula is C8H12O2. The van der Waals surface area contributed by atoms with Crippen molar-refractivity contribution < 1.29 is 9.59 Å². The minimum absolute atomic E-state index is 0.599. The van der Waals surface area contributed by atoms with Crippen LogP contribution < -0.4 is 0 Å². The van der Waals surface area contributed by atoms with E-state index >= 15 is 0 Å². The van der Waals surface area contributed by atoms with Crippen LogP contribution in [0.5, 0.6) is 0 Å². The van der Waals surface area contributed by atoms with Gasteiger partial charge in [0, 0.05) is 0 Å². The first-order valence-electron chi connectivity index (χ1n) is 3.76. The molecule has 0 aromatic heterocycles. The van der Waals surface area contributed by atoms with E-state index in [9.17, 15) is 9.59 Å². The van der Waals surface area contributed by atoms with Gasteiger partial charge in [0.25, 0.3) is 0 Å². The maximum absolute atomic E-state index is 10.5. The van der Waals surface area contributed by atoms with Crippen LogP contribution in [0.1, 0.15) is 32.1 Å². The molecular weight excluding hydrogens is 128 g/mol. The minimum Gasteiger partial charge on any atom is -0.302 e. The van der Waals surface area contributed by atoms with Crippen LogP contribution in [-0.4, -0.2) is 12.6 Å². The van der Waals surface area contributed by atoms with Crippen molar-refractivity contribution in [3.63, 3.8) is 0 Å². The van der Waals surface area contributed by atoms with Gasteiger partial charge in [-0.2, -0.15) is 0 Å². The predicted molar refractivity (Wildman–Crippen MR) is 37.6 cm³/mol. The lowest BCUT2D eigenvalue weighted by atomic mass is 9.77. The fourth-order valence-corrected chi connectivity index (χ4v) is 1.47. The molecule has 1 fully saturated rings. The zero-order valence-corrected chi connectivity index (χ0v) is 6.01. The van der Waals surface area contributed by atoms with Gasteiger partial charge in [0.1, 0.15) is 12.6 Å². The molecule has 1 rings (SSSR count). The van der Waals surface area contributed by atoms with Crippen molar-refractivity contribution in [3.8, 4) is 0 Å². The topological polar surface area (TPSA) is 34.1 Å². The average Bonchev–Trinajstić information content (AvgIpc) is 2.06. The Bertz CT molecular complexity index is 124. The van der Waals surface area contributed by atoms with Gasteiger partial charge in [-0.25, -0.2) is 0 Å². The maximum Gasteiger partial charge on any atom is 0.133 e. The Labute approximate surface area is 60.6 Å². The Morgan fingerprint density at radius 1 is 0.900 bits per heavy atom. The van der Waals surface area contributed by atoms with Crippen LogP contribution in [0.2, 0.25) is 0 Å². The van der Waals surface area contributed by atoms with Gasteiger partial charge in [-0.15, -0.1) is 0 Å². The Morgan fingerprint density at radius 2 is 1.40 bits per heavy atom. The summed E-state index contributed by atoms with van der Waals surface area (Å²) >= 11 is 0. The lowest BCUT2D eigenvalue weighted by Crippen LogP contribution is -2.27. The summed E-state index contributed by atoms with van der Waals surface area (Å²) < 4.78 is 0. The Kier molecular flexibility index (Phi) is 2.20. The van der Waals surface area contributed by atoms with Crippen LogP contribution in [0.3, 0.4) is 0 Å². The van der Waals surface area contributed by atoms with Crippen LogP contribution in [0.15, 0.2) is 0 Å². The summed E-state index contributed by atoms with van der Waals surface area (Å²) in [5.41, 5.74) is -0.599. The van der Waals surface area contributed by atoms with Crippen molar-refractivity contribution >= 4 is 12.6 Å². The Balaban J connectivity index is 2.60. The zero-order chi connectivity index (χ0) is 7.45. The third-order valence-corrected chi connectivity index (χ3v) is 2.25. The van der Waals surface area contributed by atoms with Gasteiger partial charge in [-0.3, -0.25) is 0 Å². The number of rotatable bonds is 2. The summed E-state index contributed by atoms with van der Waals surface area (Å²) in [6.07, 6.45) is 6.39. The molecule has 0 heterocycles. The fourth-order valence-electron chi connectivity index (χ4n) is 1.47. The molecule has 1 aliphatic carbocycles. The van der Waals surface area contributed by atoms with E-state index < -0.39 is 5.41 Å². The van der Waals surface area contributed by atoms with Crippen LogP contribution in [0.25, 0.3) is 0 Å². The smallest absolute Gasteiger partial charge is 0.133 e. The second-order valence-electron chi connectivity index (χ2n) is 3.03. The van der Waals surface area contributed by atoms with Crippen molar-refractivity contribution in [2.45, 2.75) is 32.1 Å². The van der Waals surface area contributed by atoms with Gasteiger partial charge in [0.05, 0.1) is 5.41 Å². The molecule has 2 heteroatoms. The largest absolute Gasteiger partial charge is 0.302 e. The summed E-state index contributed by atoms with van der Waals surface area (Å²) in [5, 5.41) is 0. The van der Waals surface area contributed by atoms with Gasteiger partial charge in [-0.1, -0.05) is 19.3 Å². The first-order chi connectivity index (χ1) is 4.83. The lowest BCUT2D eigenvalue weighted by molar-refractivity contribution is -0.128. The summed E-state index contributed by atoms with van der Waals surface area (Å²) in [5.74, 6) is 0. The van der Waals surface area contributed by atoms with Crippen molar-refractivity contribution in [3.05, 3.63) is 0 Å². The van der Waals surface area contributed by atoms with E-state index in [0.717, 1.165) is 38.3 Å². The van der Waals surface area contributed by atoms with E-state index in [4.69, 9.17) is 0 Å². The standard InChI is InChI=1S/C8H12O2/c9-6-8(7-10)4-2-1-3-5-8/h6-7H,1-5H2. The van der Waals surface area contributed by atoms with E-state index in [1.807, 2.05) is 0 Å². The molecule has 1 saturated carbocycles. The molecule has 0 radical (unpaired) electrons. The molecule has 0 amide bonds. The van der Waals surface area contributed by atoms with Crippen molar-refractivity contribution in [1.82, 2.24) is 0 Å². The molecule has 0 aromatic rings. The number of hydrogen-bond donors (Lipinski definition) is 0. The number of carbonyl (C=O) groups is 2. The van der Waals surface area contributed by atoms with Crippen molar-refractivity contribution in [1.29, 1.82) is 0 Å². The maximum atomic E-state index is 10.5. The predicted octanol–water partition coefficient (Wildman–Crippen LogP) is 1.33. The molecule has 10 heavy (non-hydrogen) atoms. The molecule has 1 aliphatic rings. The number of aldehydes is 2. The van der Waals surface area contributed by atoms with Gasteiger partial charge >= 0.3 is 0 Å². The van der Waals surface area contributed by atoms with Crippen LogP contribution >= 0.6 is 0 Å². The fraction of sp³-hybridized carbons (Fsp3) is 0.750. The highest BCUT2D eigenvalue weighted by atomic mass is 16.1. The van der Waals surface area contributed by atoms with Crippen LogP contribution in [0, 0.1) is 5.41 Å². The number of carbonyl (C=O) groups excluding carboxylic acids is 2. The van der Waals surface area contributed by atoms with Gasteiger partial charge in [-0.05, 0) is 12.8 Å². The highest BCUT2D eigenvalue weighted by Gasteiger charge is 2.30. The molecule has 56 valence electrons. The van der Waals surface area contributed by atoms with E-state index in [2.05, 4.69) is 0 Å². The molecule has 0 bridgehead atoms. The molecule has 0 aliphatic heterocycles. The van der Waals surface area contributed by atoms with Crippen LogP contribution in [0.4, 0.5) is 0 Å². The second-order valence-corrected chi connectivity index (χ2v) is 3.03. The Morgan fingerprint density at radius 3 is 1.70 bits per heavy atom.